The summed E-state index contributed by atoms with van der Waals surface area (Å²) >= 11 is 0. The van der Waals surface area contributed by atoms with Gasteiger partial charge in [-0.05, 0) is 11.6 Å². The SMILES string of the molecule is O=C(Cc1ccccc1)NNc1ccncc1[N+](=O)[O-]. The highest BCUT2D eigenvalue weighted by molar-refractivity contribution is 5.80. The summed E-state index contributed by atoms with van der Waals surface area (Å²) in [5.41, 5.74) is 5.80. The molecule has 0 spiro atoms. The molecule has 0 atom stereocenters. The van der Waals surface area contributed by atoms with Gasteiger partial charge >= 0.3 is 5.69 Å². The second-order valence-electron chi connectivity index (χ2n) is 3.99. The van der Waals surface area contributed by atoms with Gasteiger partial charge in [-0.1, -0.05) is 30.3 Å². The predicted molar refractivity (Wildman–Crippen MR) is 72.8 cm³/mol. The highest BCUT2D eigenvalue weighted by Gasteiger charge is 2.13. The Morgan fingerprint density at radius 1 is 1.25 bits per heavy atom. The third-order valence-corrected chi connectivity index (χ3v) is 2.54. The van der Waals surface area contributed by atoms with Crippen LogP contribution in [0, 0.1) is 10.1 Å². The molecule has 0 aliphatic rings. The van der Waals surface area contributed by atoms with Gasteiger partial charge in [0, 0.05) is 6.20 Å². The molecular formula is C13H12N4O3. The highest BCUT2D eigenvalue weighted by Crippen LogP contribution is 2.20. The lowest BCUT2D eigenvalue weighted by molar-refractivity contribution is -0.384. The zero-order valence-corrected chi connectivity index (χ0v) is 10.4. The van der Waals surface area contributed by atoms with Gasteiger partial charge in [0.2, 0.25) is 5.91 Å². The molecule has 0 fully saturated rings. The minimum Gasteiger partial charge on any atom is -0.292 e. The number of rotatable bonds is 5. The van der Waals surface area contributed by atoms with Crippen molar-refractivity contribution in [1.82, 2.24) is 10.4 Å². The van der Waals surface area contributed by atoms with Gasteiger partial charge < -0.3 is 0 Å². The molecule has 1 amide bonds. The van der Waals surface area contributed by atoms with Gasteiger partial charge in [-0.3, -0.25) is 30.7 Å². The summed E-state index contributed by atoms with van der Waals surface area (Å²) in [6, 6.07) is 10.6. The number of hydrazine groups is 1. The summed E-state index contributed by atoms with van der Waals surface area (Å²) in [5, 5.41) is 10.8. The van der Waals surface area contributed by atoms with Crippen LogP contribution in [0.15, 0.2) is 48.8 Å². The van der Waals surface area contributed by atoms with Crippen molar-refractivity contribution in [3.63, 3.8) is 0 Å². The molecule has 0 aliphatic carbocycles. The molecule has 0 saturated heterocycles. The summed E-state index contributed by atoms with van der Waals surface area (Å²) in [5.74, 6) is -0.290. The van der Waals surface area contributed by atoms with Crippen LogP contribution >= 0.6 is 0 Å². The number of pyridine rings is 1. The molecule has 1 aromatic heterocycles. The number of aromatic nitrogens is 1. The van der Waals surface area contributed by atoms with Gasteiger partial charge in [-0.25, -0.2) is 0 Å². The van der Waals surface area contributed by atoms with Crippen molar-refractivity contribution >= 4 is 17.3 Å². The molecule has 1 heterocycles. The molecule has 20 heavy (non-hydrogen) atoms. The van der Waals surface area contributed by atoms with Crippen LogP contribution < -0.4 is 10.9 Å². The summed E-state index contributed by atoms with van der Waals surface area (Å²) < 4.78 is 0. The first-order valence-corrected chi connectivity index (χ1v) is 5.84. The Bertz CT molecular complexity index is 616. The molecule has 102 valence electrons. The molecule has 0 bridgehead atoms. The maximum absolute atomic E-state index is 11.7. The van der Waals surface area contributed by atoms with Crippen LogP contribution in [-0.4, -0.2) is 15.8 Å². The monoisotopic (exact) mass is 272 g/mol. The van der Waals surface area contributed by atoms with Crippen LogP contribution in [0.1, 0.15) is 5.56 Å². The second kappa shape index (κ2) is 6.28. The van der Waals surface area contributed by atoms with E-state index in [9.17, 15) is 14.9 Å². The van der Waals surface area contributed by atoms with Gasteiger partial charge in [0.25, 0.3) is 0 Å². The average molecular weight is 272 g/mol. The van der Waals surface area contributed by atoms with Crippen molar-refractivity contribution < 1.29 is 9.72 Å². The van der Waals surface area contributed by atoms with Crippen LogP contribution in [0.3, 0.4) is 0 Å². The number of nitrogens with one attached hydrogen (secondary N) is 2. The van der Waals surface area contributed by atoms with Gasteiger partial charge in [0.05, 0.1) is 11.3 Å². The van der Waals surface area contributed by atoms with E-state index < -0.39 is 4.92 Å². The maximum atomic E-state index is 11.7. The lowest BCUT2D eigenvalue weighted by atomic mass is 10.1. The van der Waals surface area contributed by atoms with Crippen LogP contribution in [0.5, 0.6) is 0 Å². The van der Waals surface area contributed by atoms with Crippen molar-refractivity contribution in [1.29, 1.82) is 0 Å². The number of carbonyl (C=O) groups excluding carboxylic acids is 1. The van der Waals surface area contributed by atoms with Crippen molar-refractivity contribution in [3.05, 3.63) is 64.5 Å². The Morgan fingerprint density at radius 3 is 2.70 bits per heavy atom. The fourth-order valence-corrected chi connectivity index (χ4v) is 1.60. The molecule has 0 unspecified atom stereocenters. The van der Waals surface area contributed by atoms with Crippen molar-refractivity contribution in [2.24, 2.45) is 0 Å². The smallest absolute Gasteiger partial charge is 0.292 e. The maximum Gasteiger partial charge on any atom is 0.312 e. The summed E-state index contributed by atoms with van der Waals surface area (Å²) in [7, 11) is 0. The minimum absolute atomic E-state index is 0.186. The zero-order chi connectivity index (χ0) is 14.4. The van der Waals surface area contributed by atoms with E-state index in [4.69, 9.17) is 0 Å². The molecule has 7 heteroatoms. The highest BCUT2D eigenvalue weighted by atomic mass is 16.6. The largest absolute Gasteiger partial charge is 0.312 e. The minimum atomic E-state index is -0.571. The standard InChI is InChI=1S/C13H12N4O3/c18-13(8-10-4-2-1-3-5-10)16-15-11-6-7-14-9-12(11)17(19)20/h1-7,9H,8H2,(H,14,15)(H,16,18). The van der Waals surface area contributed by atoms with Crippen LogP contribution in [0.25, 0.3) is 0 Å². The summed E-state index contributed by atoms with van der Waals surface area (Å²) in [6.07, 6.45) is 2.71. The number of nitrogens with zero attached hydrogens (tertiary/aromatic N) is 2. The Labute approximate surface area is 114 Å². The molecule has 2 aromatic rings. The van der Waals surface area contributed by atoms with E-state index in [0.717, 1.165) is 11.8 Å². The summed E-state index contributed by atoms with van der Waals surface area (Å²) in [4.78, 5) is 25.6. The van der Waals surface area contributed by atoms with Gasteiger partial charge in [0.1, 0.15) is 11.9 Å². The second-order valence-corrected chi connectivity index (χ2v) is 3.99. The lowest BCUT2D eigenvalue weighted by Gasteiger charge is -2.08. The Kier molecular flexibility index (Phi) is 4.23. The van der Waals surface area contributed by atoms with Crippen LogP contribution in [0.2, 0.25) is 0 Å². The lowest BCUT2D eigenvalue weighted by Crippen LogP contribution is -2.31. The predicted octanol–water partition coefficient (Wildman–Crippen LogP) is 1.68. The first kappa shape index (κ1) is 13.5. The van der Waals surface area contributed by atoms with E-state index in [1.165, 1.54) is 12.3 Å². The van der Waals surface area contributed by atoms with Gasteiger partial charge in [0.15, 0.2) is 0 Å². The van der Waals surface area contributed by atoms with Crippen LogP contribution in [0.4, 0.5) is 11.4 Å². The first-order chi connectivity index (χ1) is 9.66. The first-order valence-electron chi connectivity index (χ1n) is 5.84. The molecule has 0 radical (unpaired) electrons. The number of nitro groups is 1. The summed E-state index contributed by atoms with van der Waals surface area (Å²) in [6.45, 7) is 0. The fraction of sp³-hybridized carbons (Fsp3) is 0.0769. The molecule has 0 aliphatic heterocycles. The van der Waals surface area contributed by atoms with Gasteiger partial charge in [-0.15, -0.1) is 0 Å². The molecule has 1 aromatic carbocycles. The number of hydrogen-bond acceptors (Lipinski definition) is 5. The fourth-order valence-electron chi connectivity index (χ4n) is 1.60. The Hall–Kier alpha value is -2.96. The van der Waals surface area contributed by atoms with Crippen molar-refractivity contribution in [2.45, 2.75) is 6.42 Å². The quantitative estimate of drug-likeness (QED) is 0.637. The normalized spacial score (nSPS) is 9.80. The third-order valence-electron chi connectivity index (χ3n) is 2.54. The van der Waals surface area contributed by atoms with E-state index in [1.54, 1.807) is 0 Å². The van der Waals surface area contributed by atoms with Crippen molar-refractivity contribution in [3.8, 4) is 0 Å². The van der Waals surface area contributed by atoms with E-state index >= 15 is 0 Å². The zero-order valence-electron chi connectivity index (χ0n) is 10.4. The third kappa shape index (κ3) is 3.52. The molecule has 2 N–H and O–H groups in total. The molecule has 7 nitrogen and oxygen atoms in total. The van der Waals surface area contributed by atoms with E-state index in [0.29, 0.717) is 0 Å². The average Bonchev–Trinajstić information content (AvgIpc) is 2.46. The Morgan fingerprint density at radius 2 is 2.00 bits per heavy atom. The van der Waals surface area contributed by atoms with E-state index in [1.807, 2.05) is 30.3 Å². The van der Waals surface area contributed by atoms with E-state index in [2.05, 4.69) is 15.8 Å². The topological polar surface area (TPSA) is 97.2 Å². The number of anilines is 1. The van der Waals surface area contributed by atoms with E-state index in [-0.39, 0.29) is 23.7 Å². The molecule has 0 saturated carbocycles. The molecule has 2 rings (SSSR count). The number of carbonyl (C=O) groups is 1. The van der Waals surface area contributed by atoms with Crippen LogP contribution in [-0.2, 0) is 11.2 Å². The molecular weight excluding hydrogens is 260 g/mol. The number of hydrogen-bond donors (Lipinski definition) is 2. The van der Waals surface area contributed by atoms with Crippen molar-refractivity contribution in [2.75, 3.05) is 5.43 Å². The number of benzene rings is 1. The Balaban J connectivity index is 1.96. The van der Waals surface area contributed by atoms with Gasteiger partial charge in [-0.2, -0.15) is 0 Å². The number of amides is 1.